The van der Waals surface area contributed by atoms with Gasteiger partial charge in [0, 0.05) is 21.9 Å². The van der Waals surface area contributed by atoms with E-state index in [9.17, 15) is 19.5 Å². The largest absolute Gasteiger partial charge is 0.445 e. The van der Waals surface area contributed by atoms with Crippen molar-refractivity contribution in [3.8, 4) is 0 Å². The SMILES string of the molecule is C=CCCCC(=C)C1=C(COC(=O)Nc2ccc(CO)cc2)CS[C@@H]2[C@H](NC(=O)Cc3cccs3)C(=O)N12. The number of nitrogens with one attached hydrogen (secondary N) is 2. The molecule has 0 bridgehead atoms. The summed E-state index contributed by atoms with van der Waals surface area (Å²) in [6.45, 7) is 7.94. The lowest BCUT2D eigenvalue weighted by molar-refractivity contribution is -0.145. The zero-order chi connectivity index (χ0) is 27.1. The lowest BCUT2D eigenvalue weighted by atomic mass is 9.96. The zero-order valence-corrected chi connectivity index (χ0v) is 22.6. The normalized spacial score (nSPS) is 18.3. The summed E-state index contributed by atoms with van der Waals surface area (Å²) in [6, 6.07) is 9.99. The number of benzene rings is 1. The fourth-order valence-corrected chi connectivity index (χ4v) is 6.37. The summed E-state index contributed by atoms with van der Waals surface area (Å²) in [7, 11) is 0. The van der Waals surface area contributed by atoms with Gasteiger partial charge in [0.05, 0.1) is 18.7 Å². The number of hydrogen-bond donors (Lipinski definition) is 3. The zero-order valence-electron chi connectivity index (χ0n) is 21.0. The predicted octanol–water partition coefficient (Wildman–Crippen LogP) is 4.60. The summed E-state index contributed by atoms with van der Waals surface area (Å²) < 4.78 is 5.51. The molecule has 4 rings (SSSR count). The maximum atomic E-state index is 13.2. The van der Waals surface area contributed by atoms with E-state index < -0.39 is 12.1 Å². The molecule has 2 aliphatic heterocycles. The van der Waals surface area contributed by atoms with Crippen molar-refractivity contribution >= 4 is 46.7 Å². The molecule has 10 heteroatoms. The molecule has 3 heterocycles. The second-order valence-electron chi connectivity index (χ2n) is 9.00. The first kappa shape index (κ1) is 27.7. The van der Waals surface area contributed by atoms with E-state index in [1.165, 1.54) is 23.1 Å². The minimum Gasteiger partial charge on any atom is -0.445 e. The molecule has 2 atom stereocenters. The summed E-state index contributed by atoms with van der Waals surface area (Å²) in [5.41, 5.74) is 3.59. The molecule has 0 aliphatic carbocycles. The summed E-state index contributed by atoms with van der Waals surface area (Å²) in [5.74, 6) is 0.173. The highest BCUT2D eigenvalue weighted by atomic mass is 32.2. The van der Waals surface area contributed by atoms with Gasteiger partial charge in [-0.25, -0.2) is 4.79 Å². The summed E-state index contributed by atoms with van der Waals surface area (Å²) >= 11 is 3.04. The van der Waals surface area contributed by atoms with Gasteiger partial charge in [-0.3, -0.25) is 19.8 Å². The highest BCUT2D eigenvalue weighted by Gasteiger charge is 2.52. The molecular weight excluding hydrogens is 522 g/mol. The summed E-state index contributed by atoms with van der Waals surface area (Å²) in [6.07, 6.45) is 3.80. The smallest absolute Gasteiger partial charge is 0.411 e. The second-order valence-corrected chi connectivity index (χ2v) is 11.1. The third kappa shape index (κ3) is 6.56. The van der Waals surface area contributed by atoms with E-state index in [0.717, 1.165) is 34.4 Å². The van der Waals surface area contributed by atoms with Gasteiger partial charge in [0.2, 0.25) is 5.91 Å². The third-order valence-electron chi connectivity index (χ3n) is 6.26. The number of unbranched alkanes of at least 4 members (excludes halogenated alkanes) is 1. The molecule has 3 N–H and O–H groups in total. The summed E-state index contributed by atoms with van der Waals surface area (Å²) in [5, 5.41) is 16.4. The van der Waals surface area contributed by atoms with Gasteiger partial charge in [0.25, 0.3) is 5.91 Å². The number of carbonyl (C=O) groups excluding carboxylic acids is 3. The van der Waals surface area contributed by atoms with Gasteiger partial charge in [0.1, 0.15) is 18.0 Å². The number of aliphatic hydroxyl groups excluding tert-OH is 1. The van der Waals surface area contributed by atoms with Crippen molar-refractivity contribution in [1.82, 2.24) is 10.2 Å². The maximum absolute atomic E-state index is 13.2. The second kappa shape index (κ2) is 12.9. The first-order valence-corrected chi connectivity index (χ1v) is 14.2. The summed E-state index contributed by atoms with van der Waals surface area (Å²) in [4.78, 5) is 40.9. The van der Waals surface area contributed by atoms with Crippen LogP contribution >= 0.6 is 23.1 Å². The molecule has 2 aromatic rings. The number of hydrogen-bond acceptors (Lipinski definition) is 7. The number of β-lactam (4-membered cyclic amide) rings is 1. The number of allylic oxidation sites excluding steroid dienone is 2. The molecule has 1 fully saturated rings. The number of fused-ring (bicyclic) bond motifs is 1. The van der Waals surface area contributed by atoms with Gasteiger partial charge in [-0.2, -0.15) is 0 Å². The lowest BCUT2D eigenvalue weighted by Crippen LogP contribution is -2.70. The van der Waals surface area contributed by atoms with E-state index in [4.69, 9.17) is 4.74 Å². The number of ether oxygens (including phenoxy) is 1. The Morgan fingerprint density at radius 3 is 2.71 bits per heavy atom. The molecule has 0 radical (unpaired) electrons. The van der Waals surface area contributed by atoms with Crippen molar-refractivity contribution in [1.29, 1.82) is 0 Å². The molecule has 8 nitrogen and oxygen atoms in total. The Hall–Kier alpha value is -3.34. The quantitative estimate of drug-likeness (QED) is 0.202. The predicted molar refractivity (Wildman–Crippen MR) is 151 cm³/mol. The third-order valence-corrected chi connectivity index (χ3v) is 8.48. The van der Waals surface area contributed by atoms with Crippen molar-refractivity contribution in [2.24, 2.45) is 0 Å². The first-order chi connectivity index (χ1) is 18.4. The fraction of sp³-hybridized carbons (Fsp3) is 0.321. The standard InChI is InChI=1S/C28H31N3O5S2/c1-3-4-5-7-18(2)25-20(16-36-28(35)29-21-11-9-19(15-32)10-12-21)17-38-27-24(26(34)31(25)27)30-23(33)14-22-8-6-13-37-22/h3,6,8-13,24,27,32H,1-2,4-5,7,14-17H2,(H,29,35)(H,30,33)/t24-,27-/m1/s1. The lowest BCUT2D eigenvalue weighted by Gasteiger charge is -2.51. The molecule has 38 heavy (non-hydrogen) atoms. The number of nitrogens with zero attached hydrogens (tertiary/aromatic N) is 1. The van der Waals surface area contributed by atoms with E-state index in [1.54, 1.807) is 29.2 Å². The number of anilines is 1. The van der Waals surface area contributed by atoms with Gasteiger partial charge in [-0.15, -0.1) is 29.7 Å². The Morgan fingerprint density at radius 1 is 1.24 bits per heavy atom. The van der Waals surface area contributed by atoms with E-state index >= 15 is 0 Å². The van der Waals surface area contributed by atoms with Gasteiger partial charge in [-0.05, 0) is 54.0 Å². The highest BCUT2D eigenvalue weighted by molar-refractivity contribution is 8.00. The van der Waals surface area contributed by atoms with E-state index in [-0.39, 0.29) is 36.8 Å². The van der Waals surface area contributed by atoms with Gasteiger partial charge >= 0.3 is 6.09 Å². The Labute approximate surface area is 230 Å². The van der Waals surface area contributed by atoms with Crippen molar-refractivity contribution < 1.29 is 24.2 Å². The van der Waals surface area contributed by atoms with Crippen LogP contribution in [-0.4, -0.2) is 51.7 Å². The number of thioether (sulfide) groups is 1. The van der Waals surface area contributed by atoms with Crippen LogP contribution in [0.5, 0.6) is 0 Å². The molecule has 0 saturated carbocycles. The van der Waals surface area contributed by atoms with Crippen LogP contribution in [0.4, 0.5) is 10.5 Å². The molecule has 1 saturated heterocycles. The molecule has 3 amide bonds. The van der Waals surface area contributed by atoms with Crippen LogP contribution in [0.25, 0.3) is 0 Å². The first-order valence-electron chi connectivity index (χ1n) is 12.3. The van der Waals surface area contributed by atoms with Crippen molar-refractivity contribution in [3.05, 3.63) is 88.3 Å². The molecule has 2 aliphatic rings. The Balaban J connectivity index is 1.43. The molecular formula is C28H31N3O5S2. The van der Waals surface area contributed by atoms with E-state index in [0.29, 0.717) is 23.6 Å². The number of thiophene rings is 1. The van der Waals surface area contributed by atoms with Gasteiger partial charge in [0.15, 0.2) is 0 Å². The molecule has 1 aromatic heterocycles. The van der Waals surface area contributed by atoms with Gasteiger partial charge < -0.3 is 15.2 Å². The van der Waals surface area contributed by atoms with Crippen LogP contribution in [0.1, 0.15) is 29.7 Å². The van der Waals surface area contributed by atoms with Crippen LogP contribution in [0.2, 0.25) is 0 Å². The van der Waals surface area contributed by atoms with E-state index in [2.05, 4.69) is 23.8 Å². The number of rotatable bonds is 12. The maximum Gasteiger partial charge on any atom is 0.411 e. The van der Waals surface area contributed by atoms with Crippen molar-refractivity contribution in [3.63, 3.8) is 0 Å². The van der Waals surface area contributed by atoms with Crippen molar-refractivity contribution in [2.45, 2.75) is 43.7 Å². The molecule has 0 spiro atoms. The molecule has 1 aromatic carbocycles. The van der Waals surface area contributed by atoms with Crippen LogP contribution in [0, 0.1) is 0 Å². The Bertz CT molecular complexity index is 1220. The van der Waals surface area contributed by atoms with Crippen LogP contribution in [0.3, 0.4) is 0 Å². The van der Waals surface area contributed by atoms with Crippen molar-refractivity contribution in [2.75, 3.05) is 17.7 Å². The number of carbonyl (C=O) groups is 3. The Kier molecular flexibility index (Phi) is 9.43. The minimum atomic E-state index is -0.619. The Morgan fingerprint density at radius 2 is 2.03 bits per heavy atom. The van der Waals surface area contributed by atoms with Crippen LogP contribution in [0.15, 0.2) is 77.9 Å². The van der Waals surface area contributed by atoms with E-state index in [1.807, 2.05) is 23.6 Å². The van der Waals surface area contributed by atoms with Crippen LogP contribution in [-0.2, 0) is 27.4 Å². The monoisotopic (exact) mass is 553 g/mol. The average molecular weight is 554 g/mol. The molecule has 0 unspecified atom stereocenters. The highest BCUT2D eigenvalue weighted by Crippen LogP contribution is 2.43. The molecule has 200 valence electrons. The van der Waals surface area contributed by atoms with Crippen LogP contribution < -0.4 is 10.6 Å². The fourth-order valence-electron chi connectivity index (χ4n) is 4.33. The minimum absolute atomic E-state index is 0.00920. The number of aliphatic hydroxyl groups is 1. The van der Waals surface area contributed by atoms with Gasteiger partial charge in [-0.1, -0.05) is 30.9 Å². The average Bonchev–Trinajstić information content (AvgIpc) is 3.43. The topological polar surface area (TPSA) is 108 Å². The number of amides is 3.